The number of carbonyl (C=O) groups excluding carboxylic acids is 1. The molecular weight excluding hydrogens is 386 g/mol. The molecule has 0 fully saturated rings. The van der Waals surface area contributed by atoms with Crippen molar-refractivity contribution in [2.45, 2.75) is 20.4 Å². The van der Waals surface area contributed by atoms with Gasteiger partial charge >= 0.3 is 0 Å². The molecule has 7 nitrogen and oxygen atoms in total. The van der Waals surface area contributed by atoms with Gasteiger partial charge in [0, 0.05) is 29.0 Å². The van der Waals surface area contributed by atoms with Gasteiger partial charge in [-0.05, 0) is 12.0 Å². The second-order valence-corrected chi connectivity index (χ2v) is 7.77. The van der Waals surface area contributed by atoms with Gasteiger partial charge in [0.1, 0.15) is 0 Å². The van der Waals surface area contributed by atoms with Crippen LogP contribution in [0.3, 0.4) is 0 Å². The van der Waals surface area contributed by atoms with E-state index in [0.717, 1.165) is 17.1 Å². The Labute approximate surface area is 171 Å². The van der Waals surface area contributed by atoms with Crippen molar-refractivity contribution in [2.24, 2.45) is 5.92 Å². The number of anilines is 1. The summed E-state index contributed by atoms with van der Waals surface area (Å²) in [7, 11) is 0. The number of carbonyl (C=O) groups is 1. The molecule has 146 valence electrons. The first-order chi connectivity index (χ1) is 14.0. The highest BCUT2D eigenvalue weighted by Gasteiger charge is 2.19. The van der Waals surface area contributed by atoms with Crippen LogP contribution < -0.4 is 10.9 Å². The monoisotopic (exact) mass is 405 g/mol. The van der Waals surface area contributed by atoms with Crippen LogP contribution in [0.5, 0.6) is 0 Å². The molecule has 0 radical (unpaired) electrons. The molecule has 4 rings (SSSR count). The van der Waals surface area contributed by atoms with Crippen LogP contribution in [0.4, 0.5) is 5.13 Å². The van der Waals surface area contributed by atoms with Crippen molar-refractivity contribution < 1.29 is 4.79 Å². The fraction of sp³-hybridized carbons (Fsp3) is 0.190. The molecule has 0 spiro atoms. The minimum atomic E-state index is -0.422. The Morgan fingerprint density at radius 3 is 2.48 bits per heavy atom. The lowest BCUT2D eigenvalue weighted by Gasteiger charge is -2.12. The number of fused-ring (bicyclic) bond motifs is 1. The van der Waals surface area contributed by atoms with Gasteiger partial charge in [-0.2, -0.15) is 14.5 Å². The number of amides is 1. The average Bonchev–Trinajstić information content (AvgIpc) is 3.19. The van der Waals surface area contributed by atoms with Crippen molar-refractivity contribution in [2.75, 3.05) is 5.32 Å². The van der Waals surface area contributed by atoms with Gasteiger partial charge in [0.2, 0.25) is 5.13 Å². The summed E-state index contributed by atoms with van der Waals surface area (Å²) in [6, 6.07) is 16.6. The minimum absolute atomic E-state index is 0.192. The smallest absolute Gasteiger partial charge is 0.278 e. The molecule has 4 aromatic rings. The molecule has 0 unspecified atom stereocenters. The molecule has 0 atom stereocenters. The van der Waals surface area contributed by atoms with Crippen molar-refractivity contribution >= 4 is 33.3 Å². The number of nitrogens with zero attached hydrogens (tertiary/aromatic N) is 4. The first-order valence-corrected chi connectivity index (χ1v) is 10.0. The van der Waals surface area contributed by atoms with Gasteiger partial charge in [0.15, 0.2) is 11.5 Å². The van der Waals surface area contributed by atoms with Crippen LogP contribution in [0.15, 0.2) is 59.4 Å². The van der Waals surface area contributed by atoms with E-state index in [9.17, 15) is 9.59 Å². The van der Waals surface area contributed by atoms with Gasteiger partial charge in [0.25, 0.3) is 11.5 Å². The number of hydrogen-bond acceptors (Lipinski definition) is 6. The lowest BCUT2D eigenvalue weighted by molar-refractivity contribution is 0.102. The molecular formula is C21H19N5O2S. The molecule has 2 aromatic heterocycles. The summed E-state index contributed by atoms with van der Waals surface area (Å²) in [6.45, 7) is 4.42. The number of hydrogen-bond donors (Lipinski definition) is 1. The van der Waals surface area contributed by atoms with Gasteiger partial charge < -0.3 is 0 Å². The normalized spacial score (nSPS) is 11.1. The van der Waals surface area contributed by atoms with Gasteiger partial charge in [-0.1, -0.05) is 62.4 Å². The standard InChI is InChI=1S/C21H19N5O2S/c1-13(2)12-26-20(28)16-11-7-6-10-15(16)17(24-26)19(27)23-21-22-18(25-29-21)14-8-4-3-5-9-14/h3-11,13H,12H2,1-2H3,(H,22,23,25,27). The highest BCUT2D eigenvalue weighted by Crippen LogP contribution is 2.22. The topological polar surface area (TPSA) is 89.8 Å². The van der Waals surface area contributed by atoms with Crippen molar-refractivity contribution in [3.05, 3.63) is 70.6 Å². The third kappa shape index (κ3) is 3.93. The van der Waals surface area contributed by atoms with E-state index >= 15 is 0 Å². The zero-order chi connectivity index (χ0) is 20.4. The van der Waals surface area contributed by atoms with Crippen LogP contribution in [0, 0.1) is 5.92 Å². The number of rotatable bonds is 5. The van der Waals surface area contributed by atoms with E-state index in [4.69, 9.17) is 0 Å². The van der Waals surface area contributed by atoms with Crippen LogP contribution in [0.25, 0.3) is 22.2 Å². The van der Waals surface area contributed by atoms with Gasteiger partial charge in [0.05, 0.1) is 5.39 Å². The van der Waals surface area contributed by atoms with E-state index in [-0.39, 0.29) is 17.2 Å². The van der Waals surface area contributed by atoms with Gasteiger partial charge in [-0.25, -0.2) is 4.68 Å². The first-order valence-electron chi connectivity index (χ1n) is 9.23. The van der Waals surface area contributed by atoms with Gasteiger partial charge in [-0.15, -0.1) is 0 Å². The predicted molar refractivity (Wildman–Crippen MR) is 114 cm³/mol. The highest BCUT2D eigenvalue weighted by molar-refractivity contribution is 7.10. The summed E-state index contributed by atoms with van der Waals surface area (Å²) in [4.78, 5) is 30.1. The van der Waals surface area contributed by atoms with Crippen molar-refractivity contribution in [3.63, 3.8) is 0 Å². The van der Waals surface area contributed by atoms with E-state index in [1.54, 1.807) is 24.3 Å². The summed E-state index contributed by atoms with van der Waals surface area (Å²) in [5.41, 5.74) is 0.865. The van der Waals surface area contributed by atoms with Crippen LogP contribution in [0.1, 0.15) is 24.3 Å². The average molecular weight is 405 g/mol. The SMILES string of the molecule is CC(C)Cn1nc(C(=O)Nc2nc(-c3ccccc3)ns2)c2ccccc2c1=O. The van der Waals surface area contributed by atoms with E-state index in [2.05, 4.69) is 19.8 Å². The maximum Gasteiger partial charge on any atom is 0.278 e. The zero-order valence-corrected chi connectivity index (χ0v) is 16.8. The van der Waals surface area contributed by atoms with Crippen LogP contribution in [-0.2, 0) is 6.54 Å². The molecule has 1 N–H and O–H groups in total. The predicted octanol–water partition coefficient (Wildman–Crippen LogP) is 3.82. The molecule has 29 heavy (non-hydrogen) atoms. The molecule has 0 saturated heterocycles. The molecule has 0 saturated carbocycles. The Kier molecular flexibility index (Phi) is 5.18. The molecule has 2 aromatic carbocycles. The molecule has 2 heterocycles. The maximum atomic E-state index is 13.0. The summed E-state index contributed by atoms with van der Waals surface area (Å²) in [5, 5.41) is 8.48. The molecule has 0 aliphatic heterocycles. The van der Waals surface area contributed by atoms with Crippen LogP contribution >= 0.6 is 11.5 Å². The lowest BCUT2D eigenvalue weighted by Crippen LogP contribution is -2.29. The van der Waals surface area contributed by atoms with Crippen molar-refractivity contribution in [1.29, 1.82) is 0 Å². The third-order valence-electron chi connectivity index (χ3n) is 4.30. The maximum absolute atomic E-state index is 13.0. The fourth-order valence-corrected chi connectivity index (χ4v) is 3.59. The first kappa shape index (κ1) is 18.9. The third-order valence-corrected chi connectivity index (χ3v) is 4.93. The van der Waals surface area contributed by atoms with Crippen molar-refractivity contribution in [3.8, 4) is 11.4 Å². The Balaban J connectivity index is 1.69. The van der Waals surface area contributed by atoms with E-state index in [1.165, 1.54) is 4.68 Å². The van der Waals surface area contributed by atoms with Gasteiger partial charge in [-0.3, -0.25) is 14.9 Å². The second-order valence-electron chi connectivity index (χ2n) is 7.02. The quantitative estimate of drug-likeness (QED) is 0.545. The van der Waals surface area contributed by atoms with E-state index < -0.39 is 5.91 Å². The molecule has 0 bridgehead atoms. The summed E-state index contributed by atoms with van der Waals surface area (Å²) >= 11 is 1.10. The molecule has 1 amide bonds. The number of benzene rings is 2. The fourth-order valence-electron chi connectivity index (χ4n) is 3.01. The molecule has 8 heteroatoms. The summed E-state index contributed by atoms with van der Waals surface area (Å²) in [5.74, 6) is 0.344. The van der Waals surface area contributed by atoms with Crippen LogP contribution in [0.2, 0.25) is 0 Å². The second kappa shape index (κ2) is 7.92. The zero-order valence-electron chi connectivity index (χ0n) is 16.0. The minimum Gasteiger partial charge on any atom is -0.295 e. The number of nitrogens with one attached hydrogen (secondary N) is 1. The van der Waals surface area contributed by atoms with Crippen LogP contribution in [-0.4, -0.2) is 25.0 Å². The number of aromatic nitrogens is 4. The Bertz CT molecular complexity index is 1230. The van der Waals surface area contributed by atoms with E-state index in [0.29, 0.717) is 28.3 Å². The molecule has 0 aliphatic carbocycles. The largest absolute Gasteiger partial charge is 0.295 e. The molecule has 0 aliphatic rings. The Morgan fingerprint density at radius 2 is 1.76 bits per heavy atom. The highest BCUT2D eigenvalue weighted by atomic mass is 32.1. The summed E-state index contributed by atoms with van der Waals surface area (Å²) < 4.78 is 5.67. The lowest BCUT2D eigenvalue weighted by atomic mass is 10.1. The Hall–Kier alpha value is -3.39. The summed E-state index contributed by atoms with van der Waals surface area (Å²) in [6.07, 6.45) is 0. The van der Waals surface area contributed by atoms with E-state index in [1.807, 2.05) is 44.2 Å². The Morgan fingerprint density at radius 1 is 1.07 bits per heavy atom. The van der Waals surface area contributed by atoms with Crippen molar-refractivity contribution in [1.82, 2.24) is 19.1 Å².